The molecule has 0 saturated heterocycles. The molecule has 0 aliphatic rings. The number of nitrogens with zero attached hydrogens (tertiary/aromatic N) is 1. The van der Waals surface area contributed by atoms with Crippen molar-refractivity contribution in [2.24, 2.45) is 0 Å². The van der Waals surface area contributed by atoms with Gasteiger partial charge in [0.05, 0.1) is 31.6 Å². The Kier molecular flexibility index (Phi) is 22.3. The fraction of sp³-hybridized carbons (Fsp3) is 0.800. The van der Waals surface area contributed by atoms with Gasteiger partial charge < -0.3 is 9.04 Å². The van der Waals surface area contributed by atoms with Crippen LogP contribution in [0.15, 0.2) is 29.2 Å². The molecule has 212 valence electrons. The molecule has 6 heteroatoms. The van der Waals surface area contributed by atoms with Crippen molar-refractivity contribution in [2.75, 3.05) is 32.0 Å². The maximum absolute atomic E-state index is 10.4. The molecule has 0 bridgehead atoms. The zero-order valence-corrected chi connectivity index (χ0v) is 26.3. The summed E-state index contributed by atoms with van der Waals surface area (Å²) >= 11 is 3.60. The number of hydrogen-bond acceptors (Lipinski definition) is 3. The second kappa shape index (κ2) is 22.5. The van der Waals surface area contributed by atoms with Crippen molar-refractivity contribution in [3.05, 3.63) is 29.8 Å². The van der Waals surface area contributed by atoms with E-state index in [-0.39, 0.29) is 4.90 Å². The van der Waals surface area contributed by atoms with Crippen molar-refractivity contribution >= 4 is 26.0 Å². The van der Waals surface area contributed by atoms with Crippen LogP contribution in [0, 0.1) is 6.92 Å². The predicted molar refractivity (Wildman–Crippen MR) is 159 cm³/mol. The Balaban J connectivity index is 0.000000918. The van der Waals surface area contributed by atoms with Gasteiger partial charge in [0.1, 0.15) is 10.1 Å². The van der Waals surface area contributed by atoms with Gasteiger partial charge in [0.25, 0.3) is 0 Å². The lowest BCUT2D eigenvalue weighted by Gasteiger charge is -2.35. The zero-order valence-electron chi connectivity index (χ0n) is 23.9. The maximum Gasteiger partial charge on any atom is 0.124 e. The largest absolute Gasteiger partial charge is 0.744 e. The molecule has 0 unspecified atom stereocenters. The van der Waals surface area contributed by atoms with Gasteiger partial charge in [-0.1, -0.05) is 112 Å². The first-order valence-electron chi connectivity index (χ1n) is 14.6. The second-order valence-electron chi connectivity index (χ2n) is 10.7. The third-order valence-corrected chi connectivity index (χ3v) is 8.40. The molecule has 1 rings (SSSR count). The average molecular weight is 591 g/mol. The van der Waals surface area contributed by atoms with Gasteiger partial charge in [-0.15, -0.1) is 0 Å². The van der Waals surface area contributed by atoms with Crippen LogP contribution in [0.3, 0.4) is 0 Å². The second-order valence-corrected chi connectivity index (χ2v) is 12.9. The Morgan fingerprint density at radius 2 is 1.03 bits per heavy atom. The summed E-state index contributed by atoms with van der Waals surface area (Å²) in [5, 5.41) is 1.17. The molecule has 0 radical (unpaired) electrons. The van der Waals surface area contributed by atoms with Crippen molar-refractivity contribution in [3.8, 4) is 0 Å². The predicted octanol–water partition coefficient (Wildman–Crippen LogP) is 9.01. The van der Waals surface area contributed by atoms with Gasteiger partial charge in [0.15, 0.2) is 0 Å². The molecule has 0 aliphatic carbocycles. The van der Waals surface area contributed by atoms with E-state index in [0.29, 0.717) is 0 Å². The fourth-order valence-electron chi connectivity index (χ4n) is 4.53. The quantitative estimate of drug-likeness (QED) is 0.0621. The lowest BCUT2D eigenvalue weighted by molar-refractivity contribution is -0.910. The normalized spacial score (nSPS) is 11.8. The van der Waals surface area contributed by atoms with Crippen LogP contribution in [-0.2, 0) is 10.1 Å². The maximum atomic E-state index is 10.4. The molecule has 36 heavy (non-hydrogen) atoms. The topological polar surface area (TPSA) is 57.2 Å². The van der Waals surface area contributed by atoms with Crippen LogP contribution in [0.2, 0.25) is 0 Å². The van der Waals surface area contributed by atoms with Crippen molar-refractivity contribution < 1.29 is 17.5 Å². The summed E-state index contributed by atoms with van der Waals surface area (Å²) in [5.41, 5.74) is 0.928. The van der Waals surface area contributed by atoms with Gasteiger partial charge in [-0.3, -0.25) is 0 Å². The van der Waals surface area contributed by atoms with E-state index in [1.54, 1.807) is 12.1 Å². The van der Waals surface area contributed by atoms with Crippen LogP contribution >= 0.6 is 15.9 Å². The van der Waals surface area contributed by atoms with E-state index in [4.69, 9.17) is 0 Å². The highest BCUT2D eigenvalue weighted by atomic mass is 79.9. The van der Waals surface area contributed by atoms with E-state index < -0.39 is 10.1 Å². The lowest BCUT2D eigenvalue weighted by Crippen LogP contribution is -2.46. The zero-order chi connectivity index (χ0) is 27.1. The van der Waals surface area contributed by atoms with Crippen molar-refractivity contribution in [1.29, 1.82) is 0 Å². The van der Waals surface area contributed by atoms with Gasteiger partial charge in [0.2, 0.25) is 0 Å². The number of benzene rings is 1. The minimum Gasteiger partial charge on any atom is -0.744 e. The molecule has 0 saturated carbocycles. The van der Waals surface area contributed by atoms with Gasteiger partial charge in [-0.25, -0.2) is 8.42 Å². The monoisotopic (exact) mass is 589 g/mol. The molecule has 0 N–H and O–H groups in total. The average Bonchev–Trinajstić information content (AvgIpc) is 2.83. The summed E-state index contributed by atoms with van der Waals surface area (Å²) in [4.78, 5) is -0.178. The van der Waals surface area contributed by atoms with Crippen molar-refractivity contribution in [1.82, 2.24) is 0 Å². The molecule has 4 nitrogen and oxygen atoms in total. The standard InChI is InChI=1S/C23H49BrN.C7H8O3S/c1-4-6-8-10-12-14-17-21-25(3,23-19-16-20-24)22-18-15-13-11-9-7-5-2;1-6-2-4-7(5-3-6)11(8,9)10/h4-23H2,1-3H3;2-5H,1H3,(H,8,9,10)/q+1;/p-1. The van der Waals surface area contributed by atoms with Crippen molar-refractivity contribution in [2.45, 2.75) is 128 Å². The van der Waals surface area contributed by atoms with Gasteiger partial charge >= 0.3 is 0 Å². The minimum atomic E-state index is -4.27. The van der Waals surface area contributed by atoms with Crippen LogP contribution in [0.4, 0.5) is 0 Å². The molecule has 1 aromatic carbocycles. The van der Waals surface area contributed by atoms with E-state index in [2.05, 4.69) is 36.8 Å². The molecule has 0 amide bonds. The van der Waals surface area contributed by atoms with E-state index in [1.165, 1.54) is 144 Å². The lowest BCUT2D eigenvalue weighted by atomic mass is 10.1. The SMILES string of the molecule is CCCCCCCCC[N+](C)(CCCCBr)CCCCCCCCC.Cc1ccc(S(=O)(=O)[O-])cc1. The highest BCUT2D eigenvalue weighted by Gasteiger charge is 2.20. The summed E-state index contributed by atoms with van der Waals surface area (Å²) in [6.45, 7) is 10.6. The van der Waals surface area contributed by atoms with Crippen LogP contribution < -0.4 is 0 Å². The first-order valence-corrected chi connectivity index (χ1v) is 17.1. The first kappa shape index (κ1) is 35.6. The Labute approximate surface area is 233 Å². The van der Waals surface area contributed by atoms with Crippen LogP contribution in [0.5, 0.6) is 0 Å². The number of quaternary nitrogens is 1. The number of unbranched alkanes of at least 4 members (excludes halogenated alkanes) is 13. The molecule has 0 heterocycles. The van der Waals surface area contributed by atoms with Crippen LogP contribution in [0.1, 0.15) is 122 Å². The summed E-state index contributed by atoms with van der Waals surface area (Å²) in [7, 11) is -1.74. The molecule has 0 aliphatic heterocycles. The Morgan fingerprint density at radius 3 is 1.39 bits per heavy atom. The molecule has 1 aromatic rings. The van der Waals surface area contributed by atoms with E-state index in [9.17, 15) is 13.0 Å². The smallest absolute Gasteiger partial charge is 0.124 e. The van der Waals surface area contributed by atoms with Crippen LogP contribution in [0.25, 0.3) is 0 Å². The summed E-state index contributed by atoms with van der Waals surface area (Å²) in [6, 6.07) is 5.78. The van der Waals surface area contributed by atoms with E-state index in [1.807, 2.05) is 6.92 Å². The molecule has 0 atom stereocenters. The molecule has 0 fully saturated rings. The van der Waals surface area contributed by atoms with Crippen LogP contribution in [-0.4, -0.2) is 49.5 Å². The Morgan fingerprint density at radius 1 is 0.667 bits per heavy atom. The number of alkyl halides is 1. The highest BCUT2D eigenvalue weighted by molar-refractivity contribution is 9.09. The first-order chi connectivity index (χ1) is 17.2. The molecular formula is C30H56BrNO3S. The van der Waals surface area contributed by atoms with E-state index >= 15 is 0 Å². The fourth-order valence-corrected chi connectivity index (χ4v) is 5.40. The molecule has 0 aromatic heterocycles. The summed E-state index contributed by atoms with van der Waals surface area (Å²) in [6.07, 6.45) is 22.8. The van der Waals surface area contributed by atoms with Gasteiger partial charge in [0, 0.05) is 5.33 Å². The Bertz CT molecular complexity index is 704. The number of aryl methyl sites for hydroxylation is 1. The minimum absolute atomic E-state index is 0.178. The third kappa shape index (κ3) is 20.6. The molecular weight excluding hydrogens is 534 g/mol. The van der Waals surface area contributed by atoms with E-state index in [0.717, 1.165) is 5.56 Å². The van der Waals surface area contributed by atoms with Crippen molar-refractivity contribution in [3.63, 3.8) is 0 Å². The summed E-state index contributed by atoms with van der Waals surface area (Å²) in [5.74, 6) is 0. The van der Waals surface area contributed by atoms with Gasteiger partial charge in [-0.2, -0.15) is 0 Å². The number of rotatable bonds is 21. The highest BCUT2D eigenvalue weighted by Crippen LogP contribution is 2.16. The molecule has 0 spiro atoms. The number of halogens is 1. The summed E-state index contributed by atoms with van der Waals surface area (Å²) < 4.78 is 32.5. The number of hydrogen-bond donors (Lipinski definition) is 0. The third-order valence-electron chi connectivity index (χ3n) is 6.99. The van der Waals surface area contributed by atoms with Gasteiger partial charge in [-0.05, 0) is 57.6 Å². The Hall–Kier alpha value is -0.430.